The molecule has 0 aliphatic carbocycles. The number of amides is 2. The molecule has 2 amide bonds. The van der Waals surface area contributed by atoms with Crippen molar-refractivity contribution in [1.29, 1.82) is 0 Å². The average molecular weight is 421 g/mol. The van der Waals surface area contributed by atoms with Gasteiger partial charge >= 0.3 is 6.03 Å². The molecule has 1 aliphatic heterocycles. The largest absolute Gasteiger partial charge is 0.372 e. The number of nitrogens with one attached hydrogen (secondary N) is 2. The summed E-state index contributed by atoms with van der Waals surface area (Å²) in [4.78, 5) is 18.6. The number of urea groups is 1. The van der Waals surface area contributed by atoms with Crippen LogP contribution in [-0.2, 0) is 11.2 Å². The van der Waals surface area contributed by atoms with Gasteiger partial charge in [0, 0.05) is 43.0 Å². The number of rotatable bonds is 6. The number of benzene rings is 1. The first kappa shape index (κ1) is 21.5. The predicted octanol–water partition coefficient (Wildman–Crippen LogP) is 4.38. The Kier molecular flexibility index (Phi) is 7.08. The smallest absolute Gasteiger partial charge is 0.319 e. The van der Waals surface area contributed by atoms with Gasteiger partial charge in [-0.25, -0.2) is 14.2 Å². The summed E-state index contributed by atoms with van der Waals surface area (Å²) in [5.74, 6) is 0.0551. The molecule has 2 atom stereocenters. The third-order valence-electron chi connectivity index (χ3n) is 4.70. The monoisotopic (exact) mass is 420 g/mol. The first-order chi connectivity index (χ1) is 13.8. The number of morpholine rings is 1. The van der Waals surface area contributed by atoms with Gasteiger partial charge in [0.15, 0.2) is 0 Å². The van der Waals surface area contributed by atoms with Crippen molar-refractivity contribution in [1.82, 2.24) is 10.3 Å². The molecule has 2 N–H and O–H groups in total. The fourth-order valence-electron chi connectivity index (χ4n) is 3.40. The minimum Gasteiger partial charge on any atom is -0.372 e. The highest BCUT2D eigenvalue weighted by atomic mass is 32.1. The summed E-state index contributed by atoms with van der Waals surface area (Å²) in [6.45, 7) is 9.94. The summed E-state index contributed by atoms with van der Waals surface area (Å²) in [5.41, 5.74) is 1.93. The fourth-order valence-corrected chi connectivity index (χ4v) is 4.27. The molecule has 1 aliphatic rings. The van der Waals surface area contributed by atoms with E-state index in [0.717, 1.165) is 10.7 Å². The van der Waals surface area contributed by atoms with Crippen LogP contribution in [-0.4, -0.2) is 42.9 Å². The summed E-state index contributed by atoms with van der Waals surface area (Å²) in [6.07, 6.45) is 0.768. The quantitative estimate of drug-likeness (QED) is 0.728. The zero-order chi connectivity index (χ0) is 21.0. The number of thiazole rings is 1. The fraction of sp³-hybridized carbons (Fsp3) is 0.524. The maximum absolute atomic E-state index is 14.6. The molecule has 2 unspecified atom stereocenters. The maximum atomic E-state index is 14.6. The van der Waals surface area contributed by atoms with Crippen LogP contribution in [0.1, 0.15) is 44.3 Å². The highest BCUT2D eigenvalue weighted by molar-refractivity contribution is 7.09. The van der Waals surface area contributed by atoms with E-state index in [1.807, 2.05) is 24.1 Å². The predicted molar refractivity (Wildman–Crippen MR) is 116 cm³/mol. The van der Waals surface area contributed by atoms with Gasteiger partial charge in [-0.3, -0.25) is 0 Å². The molecule has 3 rings (SSSR count). The van der Waals surface area contributed by atoms with Gasteiger partial charge in [-0.2, -0.15) is 0 Å². The number of nitrogens with zero attached hydrogens (tertiary/aromatic N) is 2. The van der Waals surface area contributed by atoms with Gasteiger partial charge in [0.05, 0.1) is 28.6 Å². The van der Waals surface area contributed by atoms with E-state index >= 15 is 0 Å². The lowest BCUT2D eigenvalue weighted by atomic mass is 10.2. The molecule has 0 spiro atoms. The van der Waals surface area contributed by atoms with Crippen molar-refractivity contribution in [3.63, 3.8) is 0 Å². The third kappa shape index (κ3) is 5.90. The Morgan fingerprint density at radius 2 is 2.07 bits per heavy atom. The van der Waals surface area contributed by atoms with Crippen LogP contribution in [0.15, 0.2) is 23.6 Å². The molecular weight excluding hydrogens is 391 g/mol. The van der Waals surface area contributed by atoms with Crippen LogP contribution in [0.4, 0.5) is 20.6 Å². The summed E-state index contributed by atoms with van der Waals surface area (Å²) in [6, 6.07) is 4.43. The van der Waals surface area contributed by atoms with E-state index < -0.39 is 0 Å². The van der Waals surface area contributed by atoms with Crippen molar-refractivity contribution in [3.8, 4) is 0 Å². The zero-order valence-electron chi connectivity index (χ0n) is 17.4. The molecule has 1 saturated heterocycles. The topological polar surface area (TPSA) is 66.5 Å². The van der Waals surface area contributed by atoms with E-state index in [0.29, 0.717) is 43.3 Å². The van der Waals surface area contributed by atoms with Gasteiger partial charge in [0.2, 0.25) is 0 Å². The molecule has 0 saturated carbocycles. The van der Waals surface area contributed by atoms with Crippen LogP contribution < -0.4 is 15.5 Å². The van der Waals surface area contributed by atoms with E-state index in [4.69, 9.17) is 4.74 Å². The zero-order valence-corrected chi connectivity index (χ0v) is 18.2. The number of carbonyl (C=O) groups excluding carboxylic acids is 1. The van der Waals surface area contributed by atoms with E-state index in [1.165, 1.54) is 6.07 Å². The second kappa shape index (κ2) is 9.54. The van der Waals surface area contributed by atoms with Gasteiger partial charge in [-0.05, 0) is 32.0 Å². The van der Waals surface area contributed by atoms with Crippen LogP contribution in [0.3, 0.4) is 0 Å². The maximum Gasteiger partial charge on any atom is 0.319 e. The average Bonchev–Trinajstić information content (AvgIpc) is 3.10. The Bertz CT molecular complexity index is 832. The number of hydrogen-bond acceptors (Lipinski definition) is 5. The summed E-state index contributed by atoms with van der Waals surface area (Å²) >= 11 is 1.64. The lowest BCUT2D eigenvalue weighted by molar-refractivity contribution is -0.00539. The Balaban J connectivity index is 1.50. The normalized spacial score (nSPS) is 19.4. The van der Waals surface area contributed by atoms with E-state index in [2.05, 4.69) is 29.5 Å². The van der Waals surface area contributed by atoms with Gasteiger partial charge in [-0.15, -0.1) is 11.3 Å². The Morgan fingerprint density at radius 3 is 2.69 bits per heavy atom. The standard InChI is InChI=1S/C21H29FN4O2S/c1-13(2)20-24-17(12-29-20)7-8-23-21(27)25-16-5-6-19(18(22)9-16)26-10-14(3)28-15(4)11-26/h5-6,9,12-15H,7-8,10-11H2,1-4H3,(H2,23,25,27). The second-order valence-electron chi connectivity index (χ2n) is 7.79. The molecular formula is C21H29FN4O2S. The first-order valence-electron chi connectivity index (χ1n) is 10.0. The minimum absolute atomic E-state index is 0.0519. The van der Waals surface area contributed by atoms with Crippen molar-refractivity contribution in [2.24, 2.45) is 0 Å². The molecule has 8 heteroatoms. The van der Waals surface area contributed by atoms with Crippen LogP contribution >= 0.6 is 11.3 Å². The van der Waals surface area contributed by atoms with E-state index in [1.54, 1.807) is 23.5 Å². The van der Waals surface area contributed by atoms with Gasteiger partial charge in [0.1, 0.15) is 5.82 Å². The summed E-state index contributed by atoms with van der Waals surface area (Å²) in [5, 5.41) is 8.61. The Hall–Kier alpha value is -2.19. The lowest BCUT2D eigenvalue weighted by Crippen LogP contribution is -2.45. The number of hydrogen-bond donors (Lipinski definition) is 2. The number of carbonyl (C=O) groups is 1. The molecule has 1 aromatic heterocycles. The lowest BCUT2D eigenvalue weighted by Gasteiger charge is -2.37. The van der Waals surface area contributed by atoms with Gasteiger partial charge < -0.3 is 20.3 Å². The van der Waals surface area contributed by atoms with Crippen LogP contribution in [0.5, 0.6) is 0 Å². The number of aromatic nitrogens is 1. The molecule has 6 nitrogen and oxygen atoms in total. The molecule has 29 heavy (non-hydrogen) atoms. The molecule has 2 aromatic rings. The van der Waals surface area contributed by atoms with Crippen molar-refractivity contribution >= 4 is 28.7 Å². The van der Waals surface area contributed by atoms with Crippen LogP contribution in [0.2, 0.25) is 0 Å². The highest BCUT2D eigenvalue weighted by Crippen LogP contribution is 2.26. The van der Waals surface area contributed by atoms with Crippen LogP contribution in [0.25, 0.3) is 0 Å². The van der Waals surface area contributed by atoms with Crippen LogP contribution in [0, 0.1) is 5.82 Å². The summed E-state index contributed by atoms with van der Waals surface area (Å²) in [7, 11) is 0. The Morgan fingerprint density at radius 1 is 1.34 bits per heavy atom. The number of ether oxygens (including phenoxy) is 1. The van der Waals surface area contributed by atoms with Gasteiger partial charge in [0.25, 0.3) is 0 Å². The third-order valence-corrected chi connectivity index (χ3v) is 5.89. The number of halogens is 1. The Labute approximate surface area is 175 Å². The first-order valence-corrected chi connectivity index (χ1v) is 10.9. The second-order valence-corrected chi connectivity index (χ2v) is 8.68. The molecule has 0 bridgehead atoms. The molecule has 2 heterocycles. The number of anilines is 2. The van der Waals surface area contributed by atoms with Crippen molar-refractivity contribution in [3.05, 3.63) is 40.1 Å². The summed E-state index contributed by atoms with van der Waals surface area (Å²) < 4.78 is 20.3. The molecule has 1 fully saturated rings. The van der Waals surface area contributed by atoms with Crippen molar-refractivity contribution in [2.75, 3.05) is 29.9 Å². The SMILES string of the molecule is CC1CN(c2ccc(NC(=O)NCCc3csc(C(C)C)n3)cc2F)CC(C)O1. The molecule has 158 valence electrons. The van der Waals surface area contributed by atoms with E-state index in [9.17, 15) is 9.18 Å². The van der Waals surface area contributed by atoms with Gasteiger partial charge in [-0.1, -0.05) is 13.8 Å². The molecule has 1 aromatic carbocycles. The van der Waals surface area contributed by atoms with Crippen molar-refractivity contribution in [2.45, 2.75) is 52.2 Å². The van der Waals surface area contributed by atoms with E-state index in [-0.39, 0.29) is 24.1 Å². The minimum atomic E-state index is -0.356. The highest BCUT2D eigenvalue weighted by Gasteiger charge is 2.24. The van der Waals surface area contributed by atoms with Crippen molar-refractivity contribution < 1.29 is 13.9 Å². The molecule has 0 radical (unpaired) electrons.